The maximum absolute atomic E-state index is 12.1. The van der Waals surface area contributed by atoms with Crippen molar-refractivity contribution >= 4 is 5.78 Å². The number of hydrogen-bond acceptors (Lipinski definition) is 4. The van der Waals surface area contributed by atoms with Gasteiger partial charge in [-0.25, -0.2) is 4.98 Å². The molecule has 0 radical (unpaired) electrons. The summed E-state index contributed by atoms with van der Waals surface area (Å²) in [6, 6.07) is 7.08. The second kappa shape index (κ2) is 5.21. The highest BCUT2D eigenvalue weighted by molar-refractivity contribution is 5.99. The number of ketones is 1. The first-order valence-corrected chi connectivity index (χ1v) is 5.22. The van der Waals surface area contributed by atoms with Gasteiger partial charge in [0.15, 0.2) is 5.78 Å². The topological polar surface area (TPSA) is 52.1 Å². The summed E-state index contributed by atoms with van der Waals surface area (Å²) in [5.41, 5.74) is 1.43. The quantitative estimate of drug-likeness (QED) is 0.750. The van der Waals surface area contributed by atoms with Gasteiger partial charge in [-0.05, 0) is 29.8 Å². The maximum atomic E-state index is 12.1. The molecule has 0 N–H and O–H groups in total. The summed E-state index contributed by atoms with van der Waals surface area (Å²) in [5.74, 6) is 0.354. The summed E-state index contributed by atoms with van der Waals surface area (Å²) in [4.78, 5) is 20.0. The van der Waals surface area contributed by atoms with E-state index in [9.17, 15) is 4.79 Å². The van der Waals surface area contributed by atoms with E-state index in [1.807, 2.05) is 12.1 Å². The number of hydrogen-bond donors (Lipinski definition) is 0. The first-order valence-electron chi connectivity index (χ1n) is 5.22. The van der Waals surface area contributed by atoms with E-state index in [1.165, 1.54) is 7.11 Å². The molecule has 0 saturated heterocycles. The highest BCUT2D eigenvalue weighted by atomic mass is 16.5. The molecular weight excluding hydrogens is 216 g/mol. The van der Waals surface area contributed by atoms with E-state index in [2.05, 4.69) is 9.97 Å². The van der Waals surface area contributed by atoms with E-state index in [-0.39, 0.29) is 5.78 Å². The molecule has 2 heterocycles. The van der Waals surface area contributed by atoms with Crippen LogP contribution in [0.15, 0.2) is 42.9 Å². The number of rotatable bonds is 4. The van der Waals surface area contributed by atoms with Crippen LogP contribution in [0.3, 0.4) is 0 Å². The minimum absolute atomic E-state index is 0.0128. The largest absolute Gasteiger partial charge is 0.480 e. The second-order valence-electron chi connectivity index (χ2n) is 3.52. The number of nitrogens with zero attached hydrogens (tertiary/aromatic N) is 2. The van der Waals surface area contributed by atoms with Gasteiger partial charge in [0.2, 0.25) is 5.88 Å². The molecule has 2 aromatic heterocycles. The molecule has 4 heteroatoms. The minimum Gasteiger partial charge on any atom is -0.480 e. The molecule has 0 aromatic carbocycles. The van der Waals surface area contributed by atoms with E-state index in [4.69, 9.17) is 4.74 Å². The molecule has 0 bridgehead atoms. The van der Waals surface area contributed by atoms with Gasteiger partial charge in [0.1, 0.15) is 0 Å². The van der Waals surface area contributed by atoms with Crippen LogP contribution in [0.2, 0.25) is 0 Å². The molecular formula is C13H12N2O2. The van der Waals surface area contributed by atoms with Gasteiger partial charge in [-0.15, -0.1) is 0 Å². The third-order valence-electron chi connectivity index (χ3n) is 2.38. The zero-order chi connectivity index (χ0) is 12.1. The van der Waals surface area contributed by atoms with Crippen molar-refractivity contribution in [2.75, 3.05) is 7.11 Å². The van der Waals surface area contributed by atoms with Crippen molar-refractivity contribution in [3.05, 3.63) is 54.0 Å². The summed E-state index contributed by atoms with van der Waals surface area (Å²) >= 11 is 0. The number of ether oxygens (including phenoxy) is 1. The van der Waals surface area contributed by atoms with Crippen molar-refractivity contribution in [1.29, 1.82) is 0 Å². The fraction of sp³-hybridized carbons (Fsp3) is 0.154. The smallest absolute Gasteiger partial charge is 0.224 e. The molecule has 86 valence electrons. The van der Waals surface area contributed by atoms with Crippen molar-refractivity contribution in [2.45, 2.75) is 6.42 Å². The van der Waals surface area contributed by atoms with Crippen LogP contribution in [0.25, 0.3) is 0 Å². The van der Waals surface area contributed by atoms with Crippen LogP contribution in [0.1, 0.15) is 15.9 Å². The summed E-state index contributed by atoms with van der Waals surface area (Å²) in [7, 11) is 1.51. The molecule has 0 fully saturated rings. The highest BCUT2D eigenvalue weighted by Crippen LogP contribution is 2.16. The third-order valence-corrected chi connectivity index (χ3v) is 2.38. The first-order chi connectivity index (χ1) is 8.31. The lowest BCUT2D eigenvalue weighted by Crippen LogP contribution is -2.06. The van der Waals surface area contributed by atoms with Crippen LogP contribution in [0.5, 0.6) is 5.88 Å². The Morgan fingerprint density at radius 1 is 1.24 bits per heavy atom. The van der Waals surface area contributed by atoms with Crippen molar-refractivity contribution in [3.63, 3.8) is 0 Å². The second-order valence-corrected chi connectivity index (χ2v) is 3.52. The Morgan fingerprint density at radius 2 is 2.00 bits per heavy atom. The van der Waals surface area contributed by atoms with E-state index in [1.54, 1.807) is 30.7 Å². The van der Waals surface area contributed by atoms with Crippen LogP contribution in [-0.2, 0) is 6.42 Å². The average molecular weight is 228 g/mol. The summed E-state index contributed by atoms with van der Waals surface area (Å²) < 4.78 is 5.06. The highest BCUT2D eigenvalue weighted by Gasteiger charge is 2.12. The zero-order valence-corrected chi connectivity index (χ0v) is 9.46. The summed E-state index contributed by atoms with van der Waals surface area (Å²) in [5, 5.41) is 0. The SMILES string of the molecule is COc1ncccc1C(=O)Cc1ccncc1. The van der Waals surface area contributed by atoms with Gasteiger partial charge >= 0.3 is 0 Å². The van der Waals surface area contributed by atoms with Gasteiger partial charge in [0.25, 0.3) is 0 Å². The average Bonchev–Trinajstić information content (AvgIpc) is 2.40. The van der Waals surface area contributed by atoms with Gasteiger partial charge < -0.3 is 4.74 Å². The van der Waals surface area contributed by atoms with E-state index in [0.717, 1.165) is 5.56 Å². The Kier molecular flexibility index (Phi) is 3.45. The molecule has 4 nitrogen and oxygen atoms in total. The molecule has 0 aliphatic heterocycles. The molecule has 17 heavy (non-hydrogen) atoms. The van der Waals surface area contributed by atoms with Crippen molar-refractivity contribution in [2.24, 2.45) is 0 Å². The van der Waals surface area contributed by atoms with Crippen LogP contribution in [0.4, 0.5) is 0 Å². The fourth-order valence-electron chi connectivity index (χ4n) is 1.55. The molecule has 0 aliphatic carbocycles. The Bertz CT molecular complexity index is 512. The Morgan fingerprint density at radius 3 is 2.71 bits per heavy atom. The Labute approximate surface area is 99.3 Å². The summed E-state index contributed by atoms with van der Waals surface area (Å²) in [6.45, 7) is 0. The molecule has 0 saturated carbocycles. The third kappa shape index (κ3) is 2.66. The maximum Gasteiger partial charge on any atom is 0.224 e. The lowest BCUT2D eigenvalue weighted by molar-refractivity contribution is 0.0989. The predicted molar refractivity (Wildman–Crippen MR) is 63.1 cm³/mol. The lowest BCUT2D eigenvalue weighted by atomic mass is 10.1. The van der Waals surface area contributed by atoms with Crippen LogP contribution < -0.4 is 4.74 Å². The van der Waals surface area contributed by atoms with Crippen LogP contribution >= 0.6 is 0 Å². The van der Waals surface area contributed by atoms with Gasteiger partial charge in [-0.1, -0.05) is 0 Å². The van der Waals surface area contributed by atoms with E-state index >= 15 is 0 Å². The number of carbonyl (C=O) groups excluding carboxylic acids is 1. The zero-order valence-electron chi connectivity index (χ0n) is 9.46. The molecule has 0 spiro atoms. The van der Waals surface area contributed by atoms with Crippen LogP contribution in [-0.4, -0.2) is 22.9 Å². The molecule has 2 aromatic rings. The monoisotopic (exact) mass is 228 g/mol. The van der Waals surface area contributed by atoms with Crippen molar-refractivity contribution in [3.8, 4) is 5.88 Å². The standard InChI is InChI=1S/C13H12N2O2/c1-17-13-11(3-2-6-15-13)12(16)9-10-4-7-14-8-5-10/h2-8H,9H2,1H3. The van der Waals surface area contributed by atoms with E-state index in [0.29, 0.717) is 17.9 Å². The van der Waals surface area contributed by atoms with Gasteiger partial charge in [0, 0.05) is 25.0 Å². The first kappa shape index (κ1) is 11.3. The number of carbonyl (C=O) groups is 1. The number of pyridine rings is 2. The molecule has 0 atom stereocenters. The molecule has 0 unspecified atom stereocenters. The minimum atomic E-state index is -0.0128. The van der Waals surface area contributed by atoms with Crippen LogP contribution in [0, 0.1) is 0 Å². The van der Waals surface area contributed by atoms with E-state index < -0.39 is 0 Å². The number of aromatic nitrogens is 2. The normalized spacial score (nSPS) is 9.94. The summed E-state index contributed by atoms with van der Waals surface area (Å²) in [6.07, 6.45) is 5.26. The van der Waals surface area contributed by atoms with Gasteiger partial charge in [-0.2, -0.15) is 0 Å². The van der Waals surface area contributed by atoms with Crippen molar-refractivity contribution < 1.29 is 9.53 Å². The Hall–Kier alpha value is -2.23. The van der Waals surface area contributed by atoms with Gasteiger partial charge in [-0.3, -0.25) is 9.78 Å². The van der Waals surface area contributed by atoms with Crippen molar-refractivity contribution in [1.82, 2.24) is 9.97 Å². The molecule has 2 rings (SSSR count). The molecule has 0 aliphatic rings. The predicted octanol–water partition coefficient (Wildman–Crippen LogP) is 1.91. The van der Waals surface area contributed by atoms with Gasteiger partial charge in [0.05, 0.1) is 12.7 Å². The number of methoxy groups -OCH3 is 1. The lowest BCUT2D eigenvalue weighted by Gasteiger charge is -2.05. The molecule has 0 amide bonds. The number of Topliss-reactive ketones (excluding diaryl/α,β-unsaturated/α-hetero) is 1. The fourth-order valence-corrected chi connectivity index (χ4v) is 1.55. The Balaban J connectivity index is 2.20.